The van der Waals surface area contributed by atoms with E-state index in [2.05, 4.69) is 39.1 Å². The number of unbranched alkanes of at least 4 members (excludes halogenated alkanes) is 6. The van der Waals surface area contributed by atoms with Crippen molar-refractivity contribution in [2.75, 3.05) is 25.6 Å². The van der Waals surface area contributed by atoms with Crippen molar-refractivity contribution in [3.8, 4) is 55.6 Å². The molecule has 3 unspecified atom stereocenters. The Kier molecular flexibility index (Phi) is 16.9. The predicted octanol–water partition coefficient (Wildman–Crippen LogP) is 11.9. The van der Waals surface area contributed by atoms with Crippen molar-refractivity contribution in [2.45, 2.75) is 123 Å². The van der Waals surface area contributed by atoms with Gasteiger partial charge in [-0.1, -0.05) is 132 Å². The van der Waals surface area contributed by atoms with Crippen molar-refractivity contribution < 1.29 is 28.7 Å². The van der Waals surface area contributed by atoms with Crippen LogP contribution in [0.4, 0.5) is 5.69 Å². The summed E-state index contributed by atoms with van der Waals surface area (Å²) < 4.78 is 12.1. The molecule has 0 aliphatic carbocycles. The number of likely N-dealkylation sites (tertiary alicyclic amines) is 1. The monoisotopic (exact) mass is 988 g/mol. The van der Waals surface area contributed by atoms with Crippen LogP contribution in [-0.4, -0.2) is 70.8 Å². The Hall–Kier alpha value is -6.86. The van der Waals surface area contributed by atoms with Gasteiger partial charge in [-0.05, 0) is 97.0 Å². The number of hydrogen-bond donors (Lipinski definition) is 3. The van der Waals surface area contributed by atoms with E-state index in [1.807, 2.05) is 125 Å². The van der Waals surface area contributed by atoms with Gasteiger partial charge in [0.25, 0.3) is 0 Å². The number of anilines is 1. The number of benzene rings is 4. The molecule has 0 saturated carbocycles. The number of carbonyl (C=O) groups excluding carboxylic acids is 4. The molecule has 12 nitrogen and oxygen atoms in total. The highest BCUT2D eigenvalue weighted by Crippen LogP contribution is 2.42. The SMILES string of the molecule is COc1cc(-c2cc(-c3ccccc3)nc3c2CC(=O)Nc2ccccc2-3)ccc1OCCCCCCCCCC(=O)NC(C(=O)N1CCCC1C(=O)NC(C)c1ccc(-c2scnc2C)cc1)C(C)(C)C. The van der Waals surface area contributed by atoms with Gasteiger partial charge in [0.2, 0.25) is 23.6 Å². The van der Waals surface area contributed by atoms with Crippen molar-refractivity contribution in [2.24, 2.45) is 5.41 Å². The number of methoxy groups -OCH3 is 1. The molecular formula is C59H68N6O6S. The van der Waals surface area contributed by atoms with Crippen LogP contribution in [0.5, 0.6) is 11.5 Å². The summed E-state index contributed by atoms with van der Waals surface area (Å²) in [5.74, 6) is 0.680. The van der Waals surface area contributed by atoms with E-state index in [1.165, 1.54) is 0 Å². The lowest BCUT2D eigenvalue weighted by Gasteiger charge is -2.35. The van der Waals surface area contributed by atoms with Crippen LogP contribution in [0.25, 0.3) is 44.1 Å². The summed E-state index contributed by atoms with van der Waals surface area (Å²) in [7, 11) is 1.64. The number of para-hydroxylation sites is 1. The average Bonchev–Trinajstić information content (AvgIpc) is 4.03. The lowest BCUT2D eigenvalue weighted by molar-refractivity contribution is -0.144. The average molecular weight is 989 g/mol. The molecule has 8 rings (SSSR count). The predicted molar refractivity (Wildman–Crippen MR) is 287 cm³/mol. The van der Waals surface area contributed by atoms with Gasteiger partial charge < -0.3 is 30.3 Å². The first-order valence-corrected chi connectivity index (χ1v) is 26.4. The van der Waals surface area contributed by atoms with Gasteiger partial charge in [0.15, 0.2) is 11.5 Å². The molecule has 72 heavy (non-hydrogen) atoms. The zero-order valence-corrected chi connectivity index (χ0v) is 43.3. The Morgan fingerprint density at radius 2 is 1.53 bits per heavy atom. The number of carbonyl (C=O) groups is 4. The van der Waals surface area contributed by atoms with E-state index in [0.717, 1.165) is 118 Å². The van der Waals surface area contributed by atoms with Gasteiger partial charge in [-0.2, -0.15) is 0 Å². The molecule has 3 atom stereocenters. The number of nitrogens with zero attached hydrogens (tertiary/aromatic N) is 3. The van der Waals surface area contributed by atoms with Gasteiger partial charge in [0.05, 0.1) is 59.3 Å². The van der Waals surface area contributed by atoms with Crippen LogP contribution in [-0.2, 0) is 25.6 Å². The fourth-order valence-corrected chi connectivity index (χ4v) is 10.6. The second-order valence-electron chi connectivity index (χ2n) is 20.1. The van der Waals surface area contributed by atoms with Gasteiger partial charge in [0, 0.05) is 24.1 Å². The van der Waals surface area contributed by atoms with Crippen LogP contribution >= 0.6 is 11.3 Å². The van der Waals surface area contributed by atoms with Gasteiger partial charge in [-0.15, -0.1) is 11.3 Å². The Balaban J connectivity index is 0.770. The Bertz CT molecular complexity index is 2860. The summed E-state index contributed by atoms with van der Waals surface area (Å²) >= 11 is 1.61. The number of hydrogen-bond acceptors (Lipinski definition) is 9. The third-order valence-electron chi connectivity index (χ3n) is 13.8. The molecule has 4 heterocycles. The van der Waals surface area contributed by atoms with Crippen LogP contribution in [0.3, 0.4) is 0 Å². The van der Waals surface area contributed by atoms with Crippen LogP contribution in [0.2, 0.25) is 0 Å². The Labute approximate surface area is 428 Å². The number of nitrogens with one attached hydrogen (secondary N) is 3. The van der Waals surface area contributed by atoms with Gasteiger partial charge in [0.1, 0.15) is 12.1 Å². The molecule has 0 radical (unpaired) electrons. The number of fused-ring (bicyclic) bond motifs is 3. The first-order chi connectivity index (χ1) is 34.8. The van der Waals surface area contributed by atoms with E-state index in [1.54, 1.807) is 23.3 Å². The van der Waals surface area contributed by atoms with E-state index in [9.17, 15) is 19.2 Å². The number of ether oxygens (including phenoxy) is 2. The van der Waals surface area contributed by atoms with E-state index in [4.69, 9.17) is 14.5 Å². The zero-order valence-electron chi connectivity index (χ0n) is 42.5. The highest BCUT2D eigenvalue weighted by molar-refractivity contribution is 7.13. The quantitative estimate of drug-likeness (QED) is 0.0640. The summed E-state index contributed by atoms with van der Waals surface area (Å²) in [6, 6.07) is 32.5. The summed E-state index contributed by atoms with van der Waals surface area (Å²) in [5, 5.41) is 9.28. The summed E-state index contributed by atoms with van der Waals surface area (Å²) in [4.78, 5) is 66.6. The lowest BCUT2D eigenvalue weighted by Crippen LogP contribution is -2.57. The van der Waals surface area contributed by atoms with Crippen molar-refractivity contribution in [1.82, 2.24) is 25.5 Å². The Morgan fingerprint density at radius 3 is 2.25 bits per heavy atom. The van der Waals surface area contributed by atoms with Gasteiger partial charge in [-0.25, -0.2) is 9.97 Å². The molecule has 376 valence electrons. The number of pyridine rings is 1. The third-order valence-corrected chi connectivity index (χ3v) is 14.8. The molecular weight excluding hydrogens is 921 g/mol. The zero-order chi connectivity index (χ0) is 50.8. The summed E-state index contributed by atoms with van der Waals surface area (Å²) in [6.45, 7) is 10.9. The maximum Gasteiger partial charge on any atom is 0.246 e. The maximum atomic E-state index is 14.1. The molecule has 2 aliphatic heterocycles. The molecule has 0 bridgehead atoms. The van der Waals surface area contributed by atoms with Crippen LogP contribution < -0.4 is 25.4 Å². The fourth-order valence-electron chi connectivity index (χ4n) is 9.80. The molecule has 2 aromatic heterocycles. The fraction of sp³-hybridized carbons (Fsp3) is 0.390. The molecule has 3 N–H and O–H groups in total. The van der Waals surface area contributed by atoms with Gasteiger partial charge >= 0.3 is 0 Å². The number of amides is 4. The maximum absolute atomic E-state index is 14.1. The van der Waals surface area contributed by atoms with E-state index in [-0.39, 0.29) is 36.1 Å². The molecule has 1 fully saturated rings. The molecule has 4 amide bonds. The van der Waals surface area contributed by atoms with Gasteiger partial charge in [-0.3, -0.25) is 19.2 Å². The second kappa shape index (κ2) is 23.6. The first kappa shape index (κ1) is 51.5. The van der Waals surface area contributed by atoms with Crippen molar-refractivity contribution in [1.29, 1.82) is 0 Å². The topological polar surface area (TPSA) is 152 Å². The standard InChI is InChI=1S/C59H68N6O6S/c1-38(40-26-28-42(29-27-40)55-39(2)60-37-72-55)61-57(68)49-24-19-32-65(49)58(69)56(59(3,4)5)64-52(66)25-15-10-8-7-9-11-18-33-71-50-31-30-43(34-51(50)70-6)45-35-48(41-20-13-12-14-21-41)63-54-44-22-16-17-23-47(44)62-53(67)36-46(45)54/h12-14,16-17,20-23,26-31,34-35,37-38,49,56H,7-11,15,18-19,24-25,32-33,36H2,1-6H3,(H,61,68)(H,62,67)(H,64,66). The number of aromatic nitrogens is 2. The molecule has 2 aliphatic rings. The smallest absolute Gasteiger partial charge is 0.246 e. The van der Waals surface area contributed by atoms with Crippen LogP contribution in [0.15, 0.2) is 109 Å². The molecule has 6 aromatic rings. The lowest BCUT2D eigenvalue weighted by atomic mass is 9.85. The molecule has 0 spiro atoms. The Morgan fingerprint density at radius 1 is 0.819 bits per heavy atom. The minimum Gasteiger partial charge on any atom is -0.493 e. The first-order valence-electron chi connectivity index (χ1n) is 25.5. The molecule has 1 saturated heterocycles. The van der Waals surface area contributed by atoms with Crippen molar-refractivity contribution >= 4 is 40.7 Å². The van der Waals surface area contributed by atoms with E-state index >= 15 is 0 Å². The molecule has 4 aromatic carbocycles. The van der Waals surface area contributed by atoms with Crippen LogP contribution in [0, 0.1) is 12.3 Å². The molecule has 13 heteroatoms. The number of rotatable bonds is 20. The van der Waals surface area contributed by atoms with Crippen LogP contribution in [0.1, 0.15) is 115 Å². The minimum atomic E-state index is -0.744. The van der Waals surface area contributed by atoms with E-state index < -0.39 is 17.5 Å². The van der Waals surface area contributed by atoms with Crippen molar-refractivity contribution in [3.05, 3.63) is 125 Å². The summed E-state index contributed by atoms with van der Waals surface area (Å²) in [5.41, 5.74) is 11.3. The number of thiazole rings is 1. The number of aryl methyl sites for hydroxylation is 1. The largest absolute Gasteiger partial charge is 0.493 e. The normalized spacial score (nSPS) is 15.1. The minimum absolute atomic E-state index is 0.0884. The van der Waals surface area contributed by atoms with E-state index in [0.29, 0.717) is 37.5 Å². The highest BCUT2D eigenvalue weighted by Gasteiger charge is 2.42. The highest BCUT2D eigenvalue weighted by atomic mass is 32.1. The third kappa shape index (κ3) is 12.4. The second-order valence-corrected chi connectivity index (χ2v) is 21.0. The summed E-state index contributed by atoms with van der Waals surface area (Å²) in [6.07, 6.45) is 8.55. The van der Waals surface area contributed by atoms with Crippen molar-refractivity contribution in [3.63, 3.8) is 0 Å².